The van der Waals surface area contributed by atoms with Gasteiger partial charge in [0.2, 0.25) is 0 Å². The van der Waals surface area contributed by atoms with Gasteiger partial charge in [0.15, 0.2) is 6.29 Å². The van der Waals surface area contributed by atoms with Gasteiger partial charge < -0.3 is 25.2 Å². The van der Waals surface area contributed by atoms with E-state index in [1.165, 1.54) is 0 Å². The highest BCUT2D eigenvalue weighted by molar-refractivity contribution is 4.80. The molecule has 0 aromatic heterocycles. The van der Waals surface area contributed by atoms with Crippen LogP contribution in [-0.4, -0.2) is 51.6 Å². The summed E-state index contributed by atoms with van der Waals surface area (Å²) in [6.07, 6.45) is -3.72. The van der Waals surface area contributed by atoms with E-state index < -0.39 is 31.2 Å². The maximum Gasteiger partial charge on any atom is 0.181 e. The van der Waals surface area contributed by atoms with E-state index in [0.29, 0.717) is 0 Å². The maximum atomic E-state index is 9.00. The maximum absolute atomic E-state index is 9.00. The van der Waals surface area contributed by atoms with E-state index >= 15 is 0 Å². The molecule has 1 aliphatic rings. The number of rotatable bonds is 2. The molecule has 5 heteroatoms. The number of aliphatic hydroxyl groups excluding tert-OH is 4. The van der Waals surface area contributed by atoms with Gasteiger partial charge in [-0.05, 0) is 0 Å². The minimum atomic E-state index is -1.24. The standard InChI is InChI=1S/C6H12O5/c7-2-4(9)5-1-3(8)6(10)11-5/h3-10H,1-2H2/t3-,4-,5+,6+/m1/s1. The Morgan fingerprint density at radius 2 is 2.09 bits per heavy atom. The predicted octanol–water partition coefficient (Wildman–Crippen LogP) is -2.19. The van der Waals surface area contributed by atoms with Crippen molar-refractivity contribution in [2.45, 2.75) is 31.0 Å². The molecule has 0 aromatic rings. The zero-order chi connectivity index (χ0) is 8.43. The fraction of sp³-hybridized carbons (Fsp3) is 1.00. The van der Waals surface area contributed by atoms with Gasteiger partial charge in [-0.25, -0.2) is 0 Å². The monoisotopic (exact) mass is 164 g/mol. The van der Waals surface area contributed by atoms with Crippen LogP contribution in [-0.2, 0) is 4.74 Å². The van der Waals surface area contributed by atoms with Crippen LogP contribution in [0.2, 0.25) is 0 Å². The van der Waals surface area contributed by atoms with Crippen LogP contribution in [0.15, 0.2) is 0 Å². The molecule has 0 saturated carbocycles. The number of aliphatic hydroxyl groups is 4. The molecule has 4 atom stereocenters. The Hall–Kier alpha value is -0.200. The molecule has 0 aromatic carbocycles. The molecule has 1 aliphatic heterocycles. The van der Waals surface area contributed by atoms with Crippen molar-refractivity contribution in [3.63, 3.8) is 0 Å². The quantitative estimate of drug-likeness (QED) is 0.372. The van der Waals surface area contributed by atoms with Gasteiger partial charge in [0, 0.05) is 6.42 Å². The normalized spacial score (nSPS) is 40.9. The third-order valence-corrected chi connectivity index (χ3v) is 1.73. The van der Waals surface area contributed by atoms with Crippen molar-refractivity contribution in [3.05, 3.63) is 0 Å². The fourth-order valence-electron chi connectivity index (χ4n) is 1.05. The molecule has 1 rings (SSSR count). The molecule has 5 nitrogen and oxygen atoms in total. The average molecular weight is 164 g/mol. The minimum Gasteiger partial charge on any atom is -0.394 e. The van der Waals surface area contributed by atoms with Gasteiger partial charge in [-0.1, -0.05) is 0 Å². The summed E-state index contributed by atoms with van der Waals surface area (Å²) in [6.45, 7) is -0.426. The van der Waals surface area contributed by atoms with Gasteiger partial charge in [0.05, 0.1) is 12.7 Å². The Bertz CT molecular complexity index is 118. The van der Waals surface area contributed by atoms with E-state index in [2.05, 4.69) is 0 Å². The number of ether oxygens (including phenoxy) is 1. The Labute approximate surface area is 63.8 Å². The molecule has 1 fully saturated rings. The summed E-state index contributed by atoms with van der Waals surface area (Å²) in [4.78, 5) is 0. The SMILES string of the molecule is OC[C@@H](O)[C@@H]1C[C@@H](O)[C@@H](O)O1. The van der Waals surface area contributed by atoms with Crippen LogP contribution in [0.1, 0.15) is 6.42 Å². The summed E-state index contributed by atoms with van der Waals surface area (Å²) in [5.74, 6) is 0. The van der Waals surface area contributed by atoms with Crippen LogP contribution in [0, 0.1) is 0 Å². The van der Waals surface area contributed by atoms with E-state index in [0.717, 1.165) is 0 Å². The molecular weight excluding hydrogens is 152 g/mol. The predicted molar refractivity (Wildman–Crippen MR) is 34.6 cm³/mol. The van der Waals surface area contributed by atoms with E-state index in [4.69, 9.17) is 25.2 Å². The first-order chi connectivity index (χ1) is 5.15. The van der Waals surface area contributed by atoms with Crippen molar-refractivity contribution in [1.29, 1.82) is 0 Å². The highest BCUT2D eigenvalue weighted by atomic mass is 16.6. The van der Waals surface area contributed by atoms with E-state index in [1.807, 2.05) is 0 Å². The van der Waals surface area contributed by atoms with Crippen molar-refractivity contribution < 1.29 is 25.2 Å². The number of hydrogen-bond acceptors (Lipinski definition) is 5. The summed E-state index contributed by atoms with van der Waals surface area (Å²) in [6, 6.07) is 0. The molecule has 1 saturated heterocycles. The smallest absolute Gasteiger partial charge is 0.181 e. The lowest BCUT2D eigenvalue weighted by molar-refractivity contribution is -0.149. The topological polar surface area (TPSA) is 90.2 Å². The van der Waals surface area contributed by atoms with Crippen molar-refractivity contribution in [1.82, 2.24) is 0 Å². The van der Waals surface area contributed by atoms with Crippen molar-refractivity contribution in [2.75, 3.05) is 6.61 Å². The lowest BCUT2D eigenvalue weighted by atomic mass is 10.1. The summed E-state index contributed by atoms with van der Waals surface area (Å²) < 4.78 is 4.72. The Balaban J connectivity index is 2.40. The van der Waals surface area contributed by atoms with Crippen LogP contribution in [0.5, 0.6) is 0 Å². The van der Waals surface area contributed by atoms with Gasteiger partial charge in [0.1, 0.15) is 12.2 Å². The second-order valence-corrected chi connectivity index (χ2v) is 2.62. The van der Waals surface area contributed by atoms with Crippen LogP contribution in [0.4, 0.5) is 0 Å². The fourth-order valence-corrected chi connectivity index (χ4v) is 1.05. The van der Waals surface area contributed by atoms with Gasteiger partial charge >= 0.3 is 0 Å². The Morgan fingerprint density at radius 1 is 1.45 bits per heavy atom. The average Bonchev–Trinajstić information content (AvgIpc) is 2.31. The zero-order valence-corrected chi connectivity index (χ0v) is 5.92. The molecule has 1 heterocycles. The number of hydrogen-bond donors (Lipinski definition) is 4. The molecule has 0 radical (unpaired) electrons. The van der Waals surface area contributed by atoms with Gasteiger partial charge in [-0.3, -0.25) is 0 Å². The van der Waals surface area contributed by atoms with E-state index in [9.17, 15) is 0 Å². The molecule has 4 N–H and O–H groups in total. The van der Waals surface area contributed by atoms with Crippen molar-refractivity contribution in [3.8, 4) is 0 Å². The zero-order valence-electron chi connectivity index (χ0n) is 5.92. The van der Waals surface area contributed by atoms with Crippen molar-refractivity contribution in [2.24, 2.45) is 0 Å². The van der Waals surface area contributed by atoms with Crippen LogP contribution in [0.3, 0.4) is 0 Å². The summed E-state index contributed by atoms with van der Waals surface area (Å²) in [5.41, 5.74) is 0. The highest BCUT2D eigenvalue weighted by Gasteiger charge is 2.36. The first kappa shape index (κ1) is 8.89. The van der Waals surface area contributed by atoms with E-state index in [-0.39, 0.29) is 6.42 Å². The van der Waals surface area contributed by atoms with Crippen LogP contribution >= 0.6 is 0 Å². The molecule has 0 aliphatic carbocycles. The molecule has 66 valence electrons. The third kappa shape index (κ3) is 1.88. The summed E-state index contributed by atoms with van der Waals surface area (Å²) in [5, 5.41) is 35.3. The van der Waals surface area contributed by atoms with Crippen LogP contribution in [0.25, 0.3) is 0 Å². The largest absolute Gasteiger partial charge is 0.394 e. The second kappa shape index (κ2) is 3.46. The Kier molecular flexibility index (Phi) is 2.80. The highest BCUT2D eigenvalue weighted by Crippen LogP contribution is 2.20. The second-order valence-electron chi connectivity index (χ2n) is 2.62. The van der Waals surface area contributed by atoms with Crippen LogP contribution < -0.4 is 0 Å². The third-order valence-electron chi connectivity index (χ3n) is 1.73. The lowest BCUT2D eigenvalue weighted by Gasteiger charge is -2.14. The van der Waals surface area contributed by atoms with Gasteiger partial charge in [0.25, 0.3) is 0 Å². The molecular formula is C6H12O5. The summed E-state index contributed by atoms with van der Waals surface area (Å²) in [7, 11) is 0. The molecule has 11 heavy (non-hydrogen) atoms. The summed E-state index contributed by atoms with van der Waals surface area (Å²) >= 11 is 0. The minimum absolute atomic E-state index is 0.156. The lowest BCUT2D eigenvalue weighted by Crippen LogP contribution is -2.29. The van der Waals surface area contributed by atoms with Gasteiger partial charge in [-0.2, -0.15) is 0 Å². The van der Waals surface area contributed by atoms with Crippen molar-refractivity contribution >= 4 is 0 Å². The van der Waals surface area contributed by atoms with E-state index in [1.54, 1.807) is 0 Å². The molecule has 0 unspecified atom stereocenters. The molecule has 0 bridgehead atoms. The van der Waals surface area contributed by atoms with Gasteiger partial charge in [-0.15, -0.1) is 0 Å². The molecule has 0 spiro atoms. The first-order valence-electron chi connectivity index (χ1n) is 3.45. The Morgan fingerprint density at radius 3 is 2.45 bits per heavy atom. The molecule has 0 amide bonds. The first-order valence-corrected chi connectivity index (χ1v) is 3.45.